The minimum atomic E-state index is -0.503. The normalized spacial score (nSPS) is 12.1. The van der Waals surface area contributed by atoms with Gasteiger partial charge in [0, 0.05) is 13.2 Å². The van der Waals surface area contributed by atoms with Crippen molar-refractivity contribution >= 4 is 17.3 Å². The largest absolute Gasteiger partial charge is 0.396 e. The van der Waals surface area contributed by atoms with Crippen LogP contribution in [0.25, 0.3) is 0 Å². The van der Waals surface area contributed by atoms with E-state index in [9.17, 15) is 10.1 Å². The first kappa shape index (κ1) is 14.2. The predicted octanol–water partition coefficient (Wildman–Crippen LogP) is 1.39. The number of nitrogens with one attached hydrogen (secondary N) is 1. The highest BCUT2D eigenvalue weighted by Crippen LogP contribution is 2.18. The number of nitrogens with zero attached hydrogens (tertiary/aromatic N) is 2. The van der Waals surface area contributed by atoms with Gasteiger partial charge in [-0.25, -0.2) is 4.98 Å². The van der Waals surface area contributed by atoms with Gasteiger partial charge in [0.1, 0.15) is 11.6 Å². The lowest BCUT2D eigenvalue weighted by Crippen LogP contribution is -2.08. The molecule has 7 heteroatoms. The molecule has 0 spiro atoms. The maximum absolute atomic E-state index is 10.6. The van der Waals surface area contributed by atoms with Crippen molar-refractivity contribution in [2.24, 2.45) is 5.92 Å². The number of rotatable bonds is 7. The van der Waals surface area contributed by atoms with E-state index < -0.39 is 4.92 Å². The number of hydrogen-bond donors (Lipinski definition) is 3. The Morgan fingerprint density at radius 3 is 2.94 bits per heavy atom. The quantitative estimate of drug-likeness (QED) is 0.385. The molecule has 1 aromatic rings. The van der Waals surface area contributed by atoms with Crippen molar-refractivity contribution in [1.29, 1.82) is 0 Å². The standard InChI is InChI=1S/C11H18N4O3/c1-8(7-16)3-2-4-13-11-6-9(15(17)18)5-10(12)14-11/h5-6,8,16H,2-4,7H2,1H3,(H3,12,13,14). The minimum Gasteiger partial charge on any atom is -0.396 e. The Morgan fingerprint density at radius 1 is 1.61 bits per heavy atom. The average Bonchev–Trinajstić information content (AvgIpc) is 2.33. The molecule has 0 radical (unpaired) electrons. The van der Waals surface area contributed by atoms with Gasteiger partial charge in [0.15, 0.2) is 0 Å². The molecule has 0 aliphatic carbocycles. The number of nitro groups is 1. The van der Waals surface area contributed by atoms with Crippen LogP contribution in [0.1, 0.15) is 19.8 Å². The van der Waals surface area contributed by atoms with E-state index in [1.54, 1.807) is 0 Å². The van der Waals surface area contributed by atoms with Gasteiger partial charge in [-0.2, -0.15) is 0 Å². The Kier molecular flexibility index (Phi) is 5.31. The van der Waals surface area contributed by atoms with Crippen LogP contribution in [0.4, 0.5) is 17.3 Å². The van der Waals surface area contributed by atoms with E-state index in [4.69, 9.17) is 10.8 Å². The van der Waals surface area contributed by atoms with Crippen molar-refractivity contribution < 1.29 is 10.0 Å². The van der Waals surface area contributed by atoms with Gasteiger partial charge >= 0.3 is 0 Å². The van der Waals surface area contributed by atoms with Gasteiger partial charge in [-0.3, -0.25) is 10.1 Å². The number of pyridine rings is 1. The first-order valence-corrected chi connectivity index (χ1v) is 5.79. The Morgan fingerprint density at radius 2 is 2.33 bits per heavy atom. The molecule has 0 fully saturated rings. The summed E-state index contributed by atoms with van der Waals surface area (Å²) in [5.74, 6) is 0.781. The van der Waals surface area contributed by atoms with Crippen molar-refractivity contribution in [2.45, 2.75) is 19.8 Å². The van der Waals surface area contributed by atoms with E-state index in [0.717, 1.165) is 12.8 Å². The van der Waals surface area contributed by atoms with Gasteiger partial charge in [-0.05, 0) is 18.8 Å². The summed E-state index contributed by atoms with van der Waals surface area (Å²) < 4.78 is 0. The Labute approximate surface area is 105 Å². The minimum absolute atomic E-state index is 0.0753. The topological polar surface area (TPSA) is 114 Å². The van der Waals surface area contributed by atoms with Gasteiger partial charge in [-0.15, -0.1) is 0 Å². The summed E-state index contributed by atoms with van der Waals surface area (Å²) in [5, 5.41) is 22.5. The van der Waals surface area contributed by atoms with Crippen molar-refractivity contribution in [1.82, 2.24) is 4.98 Å². The summed E-state index contributed by atoms with van der Waals surface area (Å²) in [6.07, 6.45) is 1.74. The molecular weight excluding hydrogens is 236 g/mol. The highest BCUT2D eigenvalue weighted by atomic mass is 16.6. The lowest BCUT2D eigenvalue weighted by atomic mass is 10.1. The van der Waals surface area contributed by atoms with Gasteiger partial charge in [0.2, 0.25) is 0 Å². The molecule has 1 rings (SSSR count). The molecule has 1 heterocycles. The van der Waals surface area contributed by atoms with Crippen LogP contribution in [0.5, 0.6) is 0 Å². The predicted molar refractivity (Wildman–Crippen MR) is 69.3 cm³/mol. The molecule has 4 N–H and O–H groups in total. The van der Waals surface area contributed by atoms with Crippen molar-refractivity contribution in [3.63, 3.8) is 0 Å². The summed E-state index contributed by atoms with van der Waals surface area (Å²) in [6, 6.07) is 2.57. The van der Waals surface area contributed by atoms with Crippen LogP contribution in [-0.4, -0.2) is 28.2 Å². The van der Waals surface area contributed by atoms with Gasteiger partial charge < -0.3 is 16.2 Å². The number of aliphatic hydroxyl groups excluding tert-OH is 1. The van der Waals surface area contributed by atoms with Crippen molar-refractivity contribution in [3.8, 4) is 0 Å². The van der Waals surface area contributed by atoms with Crippen LogP contribution in [0, 0.1) is 16.0 Å². The van der Waals surface area contributed by atoms with Crippen LogP contribution in [0.2, 0.25) is 0 Å². The van der Waals surface area contributed by atoms with E-state index in [2.05, 4.69) is 10.3 Å². The number of aromatic nitrogens is 1. The number of nitrogens with two attached hydrogens (primary N) is 1. The van der Waals surface area contributed by atoms with Gasteiger partial charge in [0.05, 0.1) is 17.1 Å². The van der Waals surface area contributed by atoms with Crippen molar-refractivity contribution in [2.75, 3.05) is 24.2 Å². The second kappa shape index (κ2) is 6.75. The third kappa shape index (κ3) is 4.54. The van der Waals surface area contributed by atoms with Crippen LogP contribution in [0.3, 0.4) is 0 Å². The van der Waals surface area contributed by atoms with Crippen molar-refractivity contribution in [3.05, 3.63) is 22.2 Å². The zero-order valence-electron chi connectivity index (χ0n) is 10.3. The fourth-order valence-corrected chi connectivity index (χ4v) is 1.49. The molecular formula is C11H18N4O3. The second-order valence-electron chi connectivity index (χ2n) is 4.25. The van der Waals surface area contributed by atoms with Crippen LogP contribution in [0.15, 0.2) is 12.1 Å². The fraction of sp³-hybridized carbons (Fsp3) is 0.545. The molecule has 1 aromatic heterocycles. The molecule has 100 valence electrons. The summed E-state index contributed by atoms with van der Waals surface area (Å²) in [7, 11) is 0. The molecule has 0 amide bonds. The number of anilines is 2. The number of aliphatic hydroxyl groups is 1. The summed E-state index contributed by atoms with van der Waals surface area (Å²) >= 11 is 0. The molecule has 7 nitrogen and oxygen atoms in total. The SMILES string of the molecule is CC(CO)CCCNc1cc([N+](=O)[O-])cc(N)n1. The van der Waals surface area contributed by atoms with E-state index in [1.807, 2.05) is 6.92 Å². The molecule has 18 heavy (non-hydrogen) atoms. The monoisotopic (exact) mass is 254 g/mol. The number of hydrogen-bond acceptors (Lipinski definition) is 6. The molecule has 1 atom stereocenters. The Bertz CT molecular complexity index is 411. The third-order valence-corrected chi connectivity index (χ3v) is 2.53. The molecule has 1 unspecified atom stereocenters. The summed E-state index contributed by atoms with van der Waals surface area (Å²) in [6.45, 7) is 2.77. The lowest BCUT2D eigenvalue weighted by molar-refractivity contribution is -0.384. The first-order chi connectivity index (χ1) is 8.52. The molecule has 0 saturated heterocycles. The smallest absolute Gasteiger partial charge is 0.276 e. The third-order valence-electron chi connectivity index (χ3n) is 2.53. The van der Waals surface area contributed by atoms with Gasteiger partial charge in [0.25, 0.3) is 5.69 Å². The van der Waals surface area contributed by atoms with E-state index in [-0.39, 0.29) is 24.0 Å². The van der Waals surface area contributed by atoms with E-state index >= 15 is 0 Å². The second-order valence-corrected chi connectivity index (χ2v) is 4.25. The maximum atomic E-state index is 10.6. The molecule has 0 aliphatic heterocycles. The molecule has 0 aliphatic rings. The van der Waals surface area contributed by atoms with E-state index in [1.165, 1.54) is 12.1 Å². The first-order valence-electron chi connectivity index (χ1n) is 5.79. The molecule has 0 aromatic carbocycles. The van der Waals surface area contributed by atoms with Crippen LogP contribution < -0.4 is 11.1 Å². The van der Waals surface area contributed by atoms with E-state index in [0.29, 0.717) is 12.4 Å². The Hall–Kier alpha value is -1.89. The zero-order valence-corrected chi connectivity index (χ0v) is 10.3. The summed E-state index contributed by atoms with van der Waals surface area (Å²) in [4.78, 5) is 14.1. The number of nitrogen functional groups attached to an aromatic ring is 1. The Balaban J connectivity index is 2.49. The van der Waals surface area contributed by atoms with Gasteiger partial charge in [-0.1, -0.05) is 6.92 Å². The molecule has 0 saturated carbocycles. The molecule has 0 bridgehead atoms. The van der Waals surface area contributed by atoms with Crippen LogP contribution in [-0.2, 0) is 0 Å². The fourth-order valence-electron chi connectivity index (χ4n) is 1.49. The average molecular weight is 254 g/mol. The maximum Gasteiger partial charge on any atom is 0.276 e. The summed E-state index contributed by atoms with van der Waals surface area (Å²) in [5.41, 5.74) is 5.41. The highest BCUT2D eigenvalue weighted by molar-refractivity contribution is 5.52. The highest BCUT2D eigenvalue weighted by Gasteiger charge is 2.09. The lowest BCUT2D eigenvalue weighted by Gasteiger charge is -2.09. The zero-order chi connectivity index (χ0) is 13.5. The van der Waals surface area contributed by atoms with Crippen LogP contribution >= 0.6 is 0 Å².